The molecule has 0 radical (unpaired) electrons. The van der Waals surface area contributed by atoms with E-state index in [1.165, 1.54) is 13.2 Å². The van der Waals surface area contributed by atoms with Gasteiger partial charge in [-0.25, -0.2) is 14.0 Å². The van der Waals surface area contributed by atoms with Crippen LogP contribution in [0.25, 0.3) is 10.9 Å². The number of urea groups is 1. The number of ether oxygens (including phenoxy) is 3. The Bertz CT molecular complexity index is 1770. The summed E-state index contributed by atoms with van der Waals surface area (Å²) < 4.78 is 32.8. The van der Waals surface area contributed by atoms with Gasteiger partial charge in [-0.05, 0) is 43.7 Å². The maximum absolute atomic E-state index is 14.3. The zero-order valence-electron chi connectivity index (χ0n) is 25.0. The number of methoxy groups -OCH3 is 1. The number of hydrogen-bond acceptors (Lipinski definition) is 8. The molecule has 0 fully saturated rings. The van der Waals surface area contributed by atoms with Gasteiger partial charge >= 0.3 is 12.0 Å². The molecule has 12 heteroatoms. The molecule has 0 spiro atoms. The van der Waals surface area contributed by atoms with Crippen LogP contribution in [0.2, 0.25) is 0 Å². The summed E-state index contributed by atoms with van der Waals surface area (Å²) in [7, 11) is 1.27. The lowest BCUT2D eigenvalue weighted by Gasteiger charge is -2.28. The highest BCUT2D eigenvalue weighted by atomic mass is 19.1. The van der Waals surface area contributed by atoms with E-state index in [1.807, 2.05) is 42.0 Å². The van der Waals surface area contributed by atoms with Crippen LogP contribution in [-0.2, 0) is 16.1 Å². The monoisotopic (exact) mass is 615 g/mol. The van der Waals surface area contributed by atoms with Gasteiger partial charge < -0.3 is 34.5 Å². The fourth-order valence-corrected chi connectivity index (χ4v) is 5.13. The topological polar surface area (TPSA) is 135 Å². The third-order valence-corrected chi connectivity index (χ3v) is 7.22. The smallest absolute Gasteiger partial charge is 0.337 e. The third kappa shape index (κ3) is 7.07. The maximum atomic E-state index is 14.3. The van der Waals surface area contributed by atoms with Crippen molar-refractivity contribution in [1.82, 2.24) is 20.6 Å². The number of carbonyl (C=O) groups is 2. The number of aliphatic hydroxyl groups is 1. The SMILES string of the molecule is CCOc1cc([C@H]2NC(=O)NC(C)=C2C(=O)OC)ccc1OC[C@H](O)N/N=C/c1cn(Cc2ccccc2F)c2ccccc12. The van der Waals surface area contributed by atoms with E-state index in [-0.39, 0.29) is 18.0 Å². The molecule has 1 aromatic heterocycles. The number of rotatable bonds is 12. The van der Waals surface area contributed by atoms with E-state index in [4.69, 9.17) is 14.2 Å². The van der Waals surface area contributed by atoms with Crippen LogP contribution in [0, 0.1) is 5.82 Å². The number of allylic oxidation sites excluding steroid dienone is 1. The number of para-hydroxylation sites is 1. The van der Waals surface area contributed by atoms with E-state index < -0.39 is 24.3 Å². The van der Waals surface area contributed by atoms with E-state index in [2.05, 4.69) is 21.2 Å². The summed E-state index contributed by atoms with van der Waals surface area (Å²) in [6.07, 6.45) is 2.31. The second kappa shape index (κ2) is 14.0. The summed E-state index contributed by atoms with van der Waals surface area (Å²) in [5.74, 6) is -0.133. The molecule has 2 atom stereocenters. The predicted octanol–water partition coefficient (Wildman–Crippen LogP) is 4.35. The van der Waals surface area contributed by atoms with Crippen molar-refractivity contribution in [1.29, 1.82) is 0 Å². The van der Waals surface area contributed by atoms with Crippen LogP contribution < -0.4 is 25.5 Å². The molecule has 0 bridgehead atoms. The third-order valence-electron chi connectivity index (χ3n) is 7.22. The molecule has 4 aromatic rings. The summed E-state index contributed by atoms with van der Waals surface area (Å²) in [6.45, 7) is 3.95. The molecule has 0 aliphatic carbocycles. The number of halogens is 1. The summed E-state index contributed by atoms with van der Waals surface area (Å²) in [4.78, 5) is 24.6. The second-order valence-electron chi connectivity index (χ2n) is 10.2. The summed E-state index contributed by atoms with van der Waals surface area (Å²) >= 11 is 0. The molecule has 45 heavy (non-hydrogen) atoms. The van der Waals surface area contributed by atoms with Crippen molar-refractivity contribution in [3.8, 4) is 11.5 Å². The van der Waals surface area contributed by atoms with Crippen molar-refractivity contribution >= 4 is 29.1 Å². The van der Waals surface area contributed by atoms with Crippen molar-refractivity contribution < 1.29 is 33.3 Å². The largest absolute Gasteiger partial charge is 0.490 e. The highest BCUT2D eigenvalue weighted by Crippen LogP contribution is 2.35. The molecule has 0 saturated heterocycles. The van der Waals surface area contributed by atoms with Gasteiger partial charge in [-0.1, -0.05) is 42.5 Å². The molecule has 3 aromatic carbocycles. The fourth-order valence-electron chi connectivity index (χ4n) is 5.13. The quantitative estimate of drug-likeness (QED) is 0.0806. The van der Waals surface area contributed by atoms with Crippen LogP contribution in [-0.4, -0.2) is 54.4 Å². The Morgan fingerprint density at radius 3 is 2.69 bits per heavy atom. The number of aliphatic hydroxyl groups excluding tert-OH is 1. The van der Waals surface area contributed by atoms with Crippen LogP contribution in [0.1, 0.15) is 36.6 Å². The highest BCUT2D eigenvalue weighted by molar-refractivity contribution is 5.99. The Kier molecular flexibility index (Phi) is 9.64. The number of aromatic nitrogens is 1. The van der Waals surface area contributed by atoms with Crippen LogP contribution >= 0.6 is 0 Å². The summed E-state index contributed by atoms with van der Waals surface area (Å²) in [5.41, 5.74) is 6.18. The van der Waals surface area contributed by atoms with Crippen molar-refractivity contribution in [3.05, 3.63) is 107 Å². The van der Waals surface area contributed by atoms with Crippen LogP contribution in [0.15, 0.2) is 89.3 Å². The lowest BCUT2D eigenvalue weighted by atomic mass is 9.95. The number of hydrazone groups is 1. The minimum absolute atomic E-state index is 0.164. The molecule has 11 nitrogen and oxygen atoms in total. The first-order valence-corrected chi connectivity index (χ1v) is 14.3. The first-order chi connectivity index (χ1) is 21.8. The van der Waals surface area contributed by atoms with Gasteiger partial charge in [0.2, 0.25) is 0 Å². The van der Waals surface area contributed by atoms with E-state index in [9.17, 15) is 19.1 Å². The first kappa shape index (κ1) is 31.1. The molecule has 1 aliphatic heterocycles. The molecule has 0 unspecified atom stereocenters. The Labute approximate surface area is 259 Å². The fraction of sp³-hybridized carbons (Fsp3) is 0.242. The number of carbonyl (C=O) groups excluding carboxylic acids is 2. The number of fused-ring (bicyclic) bond motifs is 1. The average Bonchev–Trinajstić information content (AvgIpc) is 3.38. The Balaban J connectivity index is 1.26. The molecule has 234 valence electrons. The number of benzene rings is 3. The summed E-state index contributed by atoms with van der Waals surface area (Å²) in [6, 6.07) is 18.2. The zero-order chi connectivity index (χ0) is 31.9. The molecule has 0 saturated carbocycles. The zero-order valence-corrected chi connectivity index (χ0v) is 25.0. The second-order valence-corrected chi connectivity index (χ2v) is 10.2. The number of esters is 1. The lowest BCUT2D eigenvalue weighted by molar-refractivity contribution is -0.136. The Hall–Kier alpha value is -5.36. The number of hydrogen-bond donors (Lipinski definition) is 4. The average molecular weight is 616 g/mol. The first-order valence-electron chi connectivity index (χ1n) is 14.3. The van der Waals surface area contributed by atoms with Crippen LogP contribution in [0.4, 0.5) is 9.18 Å². The van der Waals surface area contributed by atoms with Crippen LogP contribution in [0.3, 0.4) is 0 Å². The highest BCUT2D eigenvalue weighted by Gasteiger charge is 2.32. The molecular formula is C33H34FN5O6. The van der Waals surface area contributed by atoms with Crippen molar-refractivity contribution in [3.63, 3.8) is 0 Å². The van der Waals surface area contributed by atoms with Gasteiger partial charge in [-0.15, -0.1) is 0 Å². The molecule has 4 N–H and O–H groups in total. The standard InChI is InChI=1S/C33H34FN5O6/c1-4-44-28-15-21(31-30(32(41)43-3)20(2)36-33(42)37-31)13-14-27(28)45-19-29(40)38-35-16-23-18-39(26-12-8-6-10-24(23)26)17-22-9-5-7-11-25(22)34/h5-16,18,29,31,38,40H,4,17,19H2,1-3H3,(H2,36,37,42)/b35-16+/t29-,31+/m0/s1. The van der Waals surface area contributed by atoms with Gasteiger partial charge in [0.25, 0.3) is 0 Å². The predicted molar refractivity (Wildman–Crippen MR) is 166 cm³/mol. The lowest BCUT2D eigenvalue weighted by Crippen LogP contribution is -2.45. The van der Waals surface area contributed by atoms with E-state index in [0.29, 0.717) is 41.5 Å². The van der Waals surface area contributed by atoms with Crippen molar-refractivity contribution in [2.45, 2.75) is 32.7 Å². The number of nitrogens with one attached hydrogen (secondary N) is 3. The molecule has 2 heterocycles. The Morgan fingerprint density at radius 1 is 1.13 bits per heavy atom. The van der Waals surface area contributed by atoms with Crippen molar-refractivity contribution in [2.24, 2.45) is 5.10 Å². The van der Waals surface area contributed by atoms with Gasteiger partial charge in [-0.3, -0.25) is 5.43 Å². The van der Waals surface area contributed by atoms with E-state index in [1.54, 1.807) is 49.5 Å². The van der Waals surface area contributed by atoms with Gasteiger partial charge in [0.15, 0.2) is 17.7 Å². The van der Waals surface area contributed by atoms with Gasteiger partial charge in [-0.2, -0.15) is 5.10 Å². The van der Waals surface area contributed by atoms with E-state index >= 15 is 0 Å². The van der Waals surface area contributed by atoms with Crippen molar-refractivity contribution in [2.75, 3.05) is 20.3 Å². The van der Waals surface area contributed by atoms with Gasteiger partial charge in [0.1, 0.15) is 12.4 Å². The Morgan fingerprint density at radius 2 is 1.91 bits per heavy atom. The summed E-state index contributed by atoms with van der Waals surface area (Å²) in [5, 5.41) is 21.0. The molecule has 1 aliphatic rings. The minimum atomic E-state index is -1.16. The number of amides is 2. The van der Waals surface area contributed by atoms with Gasteiger partial charge in [0.05, 0.1) is 38.1 Å². The number of nitrogens with zero attached hydrogens (tertiary/aromatic N) is 2. The normalized spacial score (nSPS) is 15.5. The molecule has 5 rings (SSSR count). The van der Waals surface area contributed by atoms with E-state index in [0.717, 1.165) is 16.5 Å². The van der Waals surface area contributed by atoms with Gasteiger partial charge in [0, 0.05) is 33.9 Å². The minimum Gasteiger partial charge on any atom is -0.490 e. The van der Waals surface area contributed by atoms with Crippen LogP contribution in [0.5, 0.6) is 11.5 Å². The molecule has 2 amide bonds. The molecular weight excluding hydrogens is 581 g/mol. The maximum Gasteiger partial charge on any atom is 0.337 e.